The van der Waals surface area contributed by atoms with E-state index >= 15 is 0 Å². The molecular formula is C15H25N. The quantitative estimate of drug-likeness (QED) is 0.530. The zero-order valence-electron chi connectivity index (χ0n) is 11.0. The topological polar surface area (TPSA) is 26.0 Å². The van der Waals surface area contributed by atoms with Crippen molar-refractivity contribution in [2.75, 3.05) is 0 Å². The van der Waals surface area contributed by atoms with Crippen molar-refractivity contribution < 1.29 is 0 Å². The minimum absolute atomic E-state index is 0.0728. The number of rotatable bonds is 6. The van der Waals surface area contributed by atoms with Gasteiger partial charge in [0.1, 0.15) is 0 Å². The fraction of sp³-hybridized carbons (Fsp3) is 0.467. The molecule has 16 heavy (non-hydrogen) atoms. The van der Waals surface area contributed by atoms with Crippen molar-refractivity contribution in [2.24, 2.45) is 11.1 Å². The molecule has 2 atom stereocenters. The second kappa shape index (κ2) is 7.24. The van der Waals surface area contributed by atoms with Crippen LogP contribution in [0.2, 0.25) is 0 Å². The highest BCUT2D eigenvalue weighted by atomic mass is 14.7. The van der Waals surface area contributed by atoms with Crippen molar-refractivity contribution in [3.05, 3.63) is 48.6 Å². The van der Waals surface area contributed by atoms with Gasteiger partial charge >= 0.3 is 0 Å². The van der Waals surface area contributed by atoms with E-state index in [2.05, 4.69) is 44.7 Å². The molecule has 0 saturated heterocycles. The third kappa shape index (κ3) is 3.49. The van der Waals surface area contributed by atoms with Crippen molar-refractivity contribution in [2.45, 2.75) is 40.2 Å². The van der Waals surface area contributed by atoms with Gasteiger partial charge in [0.25, 0.3) is 0 Å². The van der Waals surface area contributed by atoms with E-state index < -0.39 is 0 Å². The van der Waals surface area contributed by atoms with E-state index in [1.165, 1.54) is 5.57 Å². The van der Waals surface area contributed by atoms with Crippen LogP contribution in [0.1, 0.15) is 34.1 Å². The van der Waals surface area contributed by atoms with Crippen molar-refractivity contribution in [1.82, 2.24) is 0 Å². The zero-order valence-corrected chi connectivity index (χ0v) is 11.0. The fourth-order valence-corrected chi connectivity index (χ4v) is 1.82. The Labute approximate surface area is 100 Å². The number of hydrogen-bond acceptors (Lipinski definition) is 1. The largest absolute Gasteiger partial charge is 0.323 e. The molecule has 0 aliphatic heterocycles. The van der Waals surface area contributed by atoms with Gasteiger partial charge < -0.3 is 5.73 Å². The maximum atomic E-state index is 6.14. The summed E-state index contributed by atoms with van der Waals surface area (Å²) in [7, 11) is 0. The van der Waals surface area contributed by atoms with Crippen LogP contribution in [0.25, 0.3) is 0 Å². The first-order chi connectivity index (χ1) is 7.56. The highest BCUT2D eigenvalue weighted by Gasteiger charge is 2.29. The van der Waals surface area contributed by atoms with E-state index in [-0.39, 0.29) is 11.5 Å². The summed E-state index contributed by atoms with van der Waals surface area (Å²) < 4.78 is 0. The molecular weight excluding hydrogens is 194 g/mol. The first kappa shape index (κ1) is 14.9. The third-order valence-corrected chi connectivity index (χ3v) is 2.93. The summed E-state index contributed by atoms with van der Waals surface area (Å²) in [6.07, 6.45) is 13.5. The predicted molar refractivity (Wildman–Crippen MR) is 74.3 cm³/mol. The molecule has 0 bridgehead atoms. The SMILES string of the molecule is C=CC(N)C(C)(/C=C\C)C(/C=C\CC)=C/C. The molecule has 0 amide bonds. The number of allylic oxidation sites excluding steroid dienone is 4. The summed E-state index contributed by atoms with van der Waals surface area (Å²) in [6.45, 7) is 12.1. The molecule has 1 nitrogen and oxygen atoms in total. The Bertz CT molecular complexity index is 297. The Morgan fingerprint density at radius 3 is 2.44 bits per heavy atom. The van der Waals surface area contributed by atoms with Gasteiger partial charge in [-0.2, -0.15) is 0 Å². The molecule has 0 aliphatic rings. The second-order valence-electron chi connectivity index (χ2n) is 4.10. The smallest absolute Gasteiger partial charge is 0.0352 e. The average molecular weight is 219 g/mol. The highest BCUT2D eigenvalue weighted by Crippen LogP contribution is 2.33. The highest BCUT2D eigenvalue weighted by molar-refractivity contribution is 5.34. The lowest BCUT2D eigenvalue weighted by Crippen LogP contribution is -2.37. The lowest BCUT2D eigenvalue weighted by atomic mass is 9.75. The molecule has 0 spiro atoms. The van der Waals surface area contributed by atoms with Crippen molar-refractivity contribution in [3.8, 4) is 0 Å². The van der Waals surface area contributed by atoms with E-state index in [0.717, 1.165) is 6.42 Å². The summed E-state index contributed by atoms with van der Waals surface area (Å²) >= 11 is 0. The van der Waals surface area contributed by atoms with Crippen LogP contribution in [0.3, 0.4) is 0 Å². The Hall–Kier alpha value is -1.08. The lowest BCUT2D eigenvalue weighted by Gasteiger charge is -2.32. The summed E-state index contributed by atoms with van der Waals surface area (Å²) in [4.78, 5) is 0. The Kier molecular flexibility index (Phi) is 6.75. The van der Waals surface area contributed by atoms with Crippen LogP contribution in [0.4, 0.5) is 0 Å². The normalized spacial score (nSPS) is 18.9. The molecule has 0 heterocycles. The number of hydrogen-bond donors (Lipinski definition) is 1. The summed E-state index contributed by atoms with van der Waals surface area (Å²) in [5, 5.41) is 0. The summed E-state index contributed by atoms with van der Waals surface area (Å²) in [6, 6.07) is -0.0728. The standard InChI is InChI=1S/C15H25N/c1-6-10-11-13(8-3)15(5,12-7-2)14(16)9-4/h7-12,14H,4,6,16H2,1-3,5H3/b11-10-,12-7-,13-8+. The molecule has 2 unspecified atom stereocenters. The molecule has 1 heteroatoms. The molecule has 0 radical (unpaired) electrons. The van der Waals surface area contributed by atoms with E-state index in [9.17, 15) is 0 Å². The monoisotopic (exact) mass is 219 g/mol. The first-order valence-corrected chi connectivity index (χ1v) is 5.92. The van der Waals surface area contributed by atoms with Crippen LogP contribution < -0.4 is 5.73 Å². The van der Waals surface area contributed by atoms with Crippen LogP contribution in [0.5, 0.6) is 0 Å². The number of nitrogens with two attached hydrogens (primary N) is 1. The summed E-state index contributed by atoms with van der Waals surface area (Å²) in [5.41, 5.74) is 7.21. The van der Waals surface area contributed by atoms with Gasteiger partial charge in [-0.15, -0.1) is 6.58 Å². The molecule has 0 aromatic heterocycles. The first-order valence-electron chi connectivity index (χ1n) is 5.92. The van der Waals surface area contributed by atoms with Crippen molar-refractivity contribution in [3.63, 3.8) is 0 Å². The van der Waals surface area contributed by atoms with Crippen LogP contribution in [0, 0.1) is 5.41 Å². The van der Waals surface area contributed by atoms with Gasteiger partial charge in [0, 0.05) is 11.5 Å². The molecule has 0 aliphatic carbocycles. The summed E-state index contributed by atoms with van der Waals surface area (Å²) in [5.74, 6) is 0. The minimum Gasteiger partial charge on any atom is -0.323 e. The van der Waals surface area contributed by atoms with E-state index in [0.29, 0.717) is 0 Å². The van der Waals surface area contributed by atoms with Gasteiger partial charge in [-0.3, -0.25) is 0 Å². The van der Waals surface area contributed by atoms with Gasteiger partial charge in [0.2, 0.25) is 0 Å². The van der Waals surface area contributed by atoms with Crippen LogP contribution in [-0.2, 0) is 0 Å². The zero-order chi connectivity index (χ0) is 12.6. The van der Waals surface area contributed by atoms with E-state index in [1.807, 2.05) is 26.0 Å². The molecule has 0 rings (SSSR count). The lowest BCUT2D eigenvalue weighted by molar-refractivity contribution is 0.463. The van der Waals surface area contributed by atoms with Gasteiger partial charge in [-0.1, -0.05) is 50.3 Å². The maximum Gasteiger partial charge on any atom is 0.0352 e. The van der Waals surface area contributed by atoms with Gasteiger partial charge in [-0.25, -0.2) is 0 Å². The Balaban J connectivity index is 5.31. The molecule has 0 fully saturated rings. The average Bonchev–Trinajstić information content (AvgIpc) is 2.29. The molecule has 0 saturated carbocycles. The molecule has 0 aromatic rings. The van der Waals surface area contributed by atoms with Gasteiger partial charge in [-0.05, 0) is 25.8 Å². The Morgan fingerprint density at radius 2 is 2.06 bits per heavy atom. The van der Waals surface area contributed by atoms with Gasteiger partial charge in [0.05, 0.1) is 0 Å². The molecule has 0 aromatic carbocycles. The van der Waals surface area contributed by atoms with Crippen LogP contribution >= 0.6 is 0 Å². The van der Waals surface area contributed by atoms with Crippen LogP contribution in [-0.4, -0.2) is 6.04 Å². The molecule has 2 N–H and O–H groups in total. The minimum atomic E-state index is -0.170. The Morgan fingerprint density at radius 1 is 1.44 bits per heavy atom. The second-order valence-corrected chi connectivity index (χ2v) is 4.10. The fourth-order valence-electron chi connectivity index (χ4n) is 1.82. The maximum absolute atomic E-state index is 6.14. The van der Waals surface area contributed by atoms with E-state index in [1.54, 1.807) is 0 Å². The van der Waals surface area contributed by atoms with Crippen LogP contribution in [0.15, 0.2) is 48.6 Å². The van der Waals surface area contributed by atoms with Crippen molar-refractivity contribution in [1.29, 1.82) is 0 Å². The van der Waals surface area contributed by atoms with E-state index in [4.69, 9.17) is 5.73 Å². The third-order valence-electron chi connectivity index (χ3n) is 2.93. The van der Waals surface area contributed by atoms with Gasteiger partial charge in [0.15, 0.2) is 0 Å². The van der Waals surface area contributed by atoms with Crippen molar-refractivity contribution >= 4 is 0 Å². The molecule has 90 valence electrons. The predicted octanol–water partition coefficient (Wildman–Crippen LogP) is 3.99.